The van der Waals surface area contributed by atoms with Crippen molar-refractivity contribution in [2.75, 3.05) is 13.2 Å². The number of benzene rings is 1. The number of aliphatic hydroxyl groups is 1. The van der Waals surface area contributed by atoms with Crippen molar-refractivity contribution >= 4 is 5.91 Å². The van der Waals surface area contributed by atoms with Gasteiger partial charge >= 0.3 is 12.4 Å². The third kappa shape index (κ3) is 4.15. The van der Waals surface area contributed by atoms with E-state index in [1.165, 1.54) is 0 Å². The Morgan fingerprint density at radius 1 is 1.04 bits per heavy atom. The van der Waals surface area contributed by atoms with Gasteiger partial charge in [0.1, 0.15) is 0 Å². The van der Waals surface area contributed by atoms with Crippen LogP contribution in [-0.4, -0.2) is 35.1 Å². The zero-order chi connectivity index (χ0) is 17.4. The molecule has 9 heteroatoms. The van der Waals surface area contributed by atoms with Gasteiger partial charge in [0, 0.05) is 18.2 Å². The molecule has 0 spiro atoms. The number of rotatable bonds is 4. The Morgan fingerprint density at radius 2 is 1.52 bits per heavy atom. The van der Waals surface area contributed by atoms with E-state index in [4.69, 9.17) is 5.11 Å². The van der Waals surface area contributed by atoms with Gasteiger partial charge in [-0.1, -0.05) is 0 Å². The topological polar surface area (TPSA) is 40.5 Å². The van der Waals surface area contributed by atoms with Gasteiger partial charge in [-0.3, -0.25) is 4.79 Å². The first kappa shape index (κ1) is 17.6. The molecule has 2 rings (SSSR count). The van der Waals surface area contributed by atoms with Crippen molar-refractivity contribution in [3.63, 3.8) is 0 Å². The first-order valence-electron chi connectivity index (χ1n) is 6.75. The number of nitrogens with zero attached hydrogens (tertiary/aromatic N) is 1. The number of hydrogen-bond acceptors (Lipinski definition) is 2. The molecule has 0 unspecified atom stereocenters. The second kappa shape index (κ2) is 6.03. The number of halogens is 6. The Kier molecular flexibility index (Phi) is 4.61. The Balaban J connectivity index is 2.46. The number of alkyl halides is 6. The van der Waals surface area contributed by atoms with Gasteiger partial charge in [0.25, 0.3) is 5.91 Å². The van der Waals surface area contributed by atoms with Crippen LogP contribution in [0.3, 0.4) is 0 Å². The van der Waals surface area contributed by atoms with E-state index in [0.717, 1.165) is 4.90 Å². The molecule has 0 atom stereocenters. The molecule has 1 aliphatic carbocycles. The van der Waals surface area contributed by atoms with E-state index >= 15 is 0 Å². The van der Waals surface area contributed by atoms with Crippen LogP contribution in [0.15, 0.2) is 18.2 Å². The van der Waals surface area contributed by atoms with E-state index in [9.17, 15) is 31.1 Å². The standard InChI is InChI=1S/C14H13F6NO2/c15-13(16,17)9-5-8(6-10(7-9)14(18,19)20)12(23)21(3-4-22)11-1-2-11/h5-7,11,22H,1-4H2. The van der Waals surface area contributed by atoms with Gasteiger partial charge in [0.15, 0.2) is 0 Å². The van der Waals surface area contributed by atoms with Crippen LogP contribution >= 0.6 is 0 Å². The molecule has 0 aromatic heterocycles. The van der Waals surface area contributed by atoms with E-state index in [-0.39, 0.29) is 18.7 Å². The summed E-state index contributed by atoms with van der Waals surface area (Å²) in [5.74, 6) is -0.946. The fraction of sp³-hybridized carbons (Fsp3) is 0.500. The van der Waals surface area contributed by atoms with E-state index in [0.29, 0.717) is 25.0 Å². The minimum absolute atomic E-state index is 0.0235. The summed E-state index contributed by atoms with van der Waals surface area (Å²) in [4.78, 5) is 13.4. The van der Waals surface area contributed by atoms with E-state index < -0.39 is 41.6 Å². The van der Waals surface area contributed by atoms with Gasteiger partial charge < -0.3 is 10.0 Å². The fourth-order valence-corrected chi connectivity index (χ4v) is 2.19. The molecule has 0 heterocycles. The third-order valence-corrected chi connectivity index (χ3v) is 3.42. The smallest absolute Gasteiger partial charge is 0.395 e. The lowest BCUT2D eigenvalue weighted by Crippen LogP contribution is -2.35. The molecule has 1 amide bonds. The van der Waals surface area contributed by atoms with Crippen LogP contribution in [0.5, 0.6) is 0 Å². The Hall–Kier alpha value is -1.77. The molecule has 3 nitrogen and oxygen atoms in total. The molecule has 1 aliphatic rings. The van der Waals surface area contributed by atoms with Crippen molar-refractivity contribution in [2.24, 2.45) is 0 Å². The van der Waals surface area contributed by atoms with Crippen LogP contribution < -0.4 is 0 Å². The van der Waals surface area contributed by atoms with Gasteiger partial charge in [-0.15, -0.1) is 0 Å². The lowest BCUT2D eigenvalue weighted by atomic mass is 10.0. The number of amides is 1. The Morgan fingerprint density at radius 3 is 1.87 bits per heavy atom. The molecule has 1 saturated carbocycles. The second-order valence-electron chi connectivity index (χ2n) is 5.25. The zero-order valence-corrected chi connectivity index (χ0v) is 11.7. The summed E-state index contributed by atoms with van der Waals surface area (Å²) in [5.41, 5.74) is -3.75. The Bertz CT molecular complexity index is 560. The van der Waals surface area contributed by atoms with Crippen molar-refractivity contribution in [1.29, 1.82) is 0 Å². The predicted octanol–water partition coefficient (Wildman–Crippen LogP) is 3.32. The molecule has 23 heavy (non-hydrogen) atoms. The molecule has 0 aliphatic heterocycles. The van der Waals surface area contributed by atoms with Crippen molar-refractivity contribution in [2.45, 2.75) is 31.2 Å². The van der Waals surface area contributed by atoms with E-state index in [2.05, 4.69) is 0 Å². The van der Waals surface area contributed by atoms with Crippen molar-refractivity contribution in [3.05, 3.63) is 34.9 Å². The average molecular weight is 341 g/mol. The highest BCUT2D eigenvalue weighted by molar-refractivity contribution is 5.95. The van der Waals surface area contributed by atoms with Crippen molar-refractivity contribution in [3.8, 4) is 0 Å². The number of carbonyl (C=O) groups excluding carboxylic acids is 1. The van der Waals surface area contributed by atoms with Crippen LogP contribution in [0.25, 0.3) is 0 Å². The summed E-state index contributed by atoms with van der Waals surface area (Å²) in [6.45, 7) is -0.561. The lowest BCUT2D eigenvalue weighted by molar-refractivity contribution is -0.143. The molecule has 1 aromatic carbocycles. The molecule has 128 valence electrons. The third-order valence-electron chi connectivity index (χ3n) is 3.42. The van der Waals surface area contributed by atoms with Gasteiger partial charge in [0.05, 0.1) is 17.7 Å². The minimum Gasteiger partial charge on any atom is -0.395 e. The van der Waals surface area contributed by atoms with Crippen LogP contribution in [-0.2, 0) is 12.4 Å². The average Bonchev–Trinajstić information content (AvgIpc) is 3.26. The van der Waals surface area contributed by atoms with Crippen molar-refractivity contribution < 1.29 is 36.2 Å². The molecule has 0 saturated heterocycles. The molecular weight excluding hydrogens is 328 g/mol. The SMILES string of the molecule is O=C(c1cc(C(F)(F)F)cc(C(F)(F)F)c1)N(CCO)C1CC1. The van der Waals surface area contributed by atoms with Gasteiger partial charge in [0.2, 0.25) is 0 Å². The maximum absolute atomic E-state index is 12.8. The number of hydrogen-bond donors (Lipinski definition) is 1. The molecule has 1 N–H and O–H groups in total. The normalized spacial score (nSPS) is 15.6. The molecule has 0 radical (unpaired) electrons. The minimum atomic E-state index is -5.00. The number of aliphatic hydroxyl groups excluding tert-OH is 1. The first-order chi connectivity index (χ1) is 10.5. The molecule has 0 bridgehead atoms. The quantitative estimate of drug-likeness (QED) is 0.854. The largest absolute Gasteiger partial charge is 0.416 e. The van der Waals surface area contributed by atoms with Gasteiger partial charge in [-0.25, -0.2) is 0 Å². The molecule has 1 fully saturated rings. The van der Waals surface area contributed by atoms with Gasteiger partial charge in [-0.05, 0) is 31.0 Å². The summed E-state index contributed by atoms with van der Waals surface area (Å²) in [5, 5.41) is 8.92. The summed E-state index contributed by atoms with van der Waals surface area (Å²) in [6, 6.07) is 0.539. The van der Waals surface area contributed by atoms with Crippen LogP contribution in [0.4, 0.5) is 26.3 Å². The first-order valence-corrected chi connectivity index (χ1v) is 6.75. The second-order valence-corrected chi connectivity index (χ2v) is 5.25. The molecule has 1 aromatic rings. The highest BCUT2D eigenvalue weighted by Gasteiger charge is 2.39. The molecular formula is C14H13F6NO2. The van der Waals surface area contributed by atoms with Crippen molar-refractivity contribution in [1.82, 2.24) is 4.90 Å². The van der Waals surface area contributed by atoms with E-state index in [1.54, 1.807) is 0 Å². The maximum atomic E-state index is 12.8. The summed E-state index contributed by atoms with van der Waals surface area (Å²) in [6.07, 6.45) is -8.79. The summed E-state index contributed by atoms with van der Waals surface area (Å²) in [7, 11) is 0. The highest BCUT2D eigenvalue weighted by Crippen LogP contribution is 2.37. The number of carbonyl (C=O) groups is 1. The van der Waals surface area contributed by atoms with Crippen LogP contribution in [0.2, 0.25) is 0 Å². The van der Waals surface area contributed by atoms with Crippen LogP contribution in [0.1, 0.15) is 34.3 Å². The monoisotopic (exact) mass is 341 g/mol. The Labute approximate surface area is 127 Å². The van der Waals surface area contributed by atoms with Gasteiger partial charge in [-0.2, -0.15) is 26.3 Å². The van der Waals surface area contributed by atoms with E-state index in [1.807, 2.05) is 0 Å². The zero-order valence-electron chi connectivity index (χ0n) is 11.7. The lowest BCUT2D eigenvalue weighted by Gasteiger charge is -2.22. The maximum Gasteiger partial charge on any atom is 0.416 e. The summed E-state index contributed by atoms with van der Waals surface area (Å²) < 4.78 is 76.7. The highest BCUT2D eigenvalue weighted by atomic mass is 19.4. The predicted molar refractivity (Wildman–Crippen MR) is 67.6 cm³/mol. The summed E-state index contributed by atoms with van der Waals surface area (Å²) >= 11 is 0. The fourth-order valence-electron chi connectivity index (χ4n) is 2.19. The van der Waals surface area contributed by atoms with Crippen LogP contribution in [0, 0.1) is 0 Å².